The van der Waals surface area contributed by atoms with E-state index in [0.29, 0.717) is 19.6 Å². The van der Waals surface area contributed by atoms with Gasteiger partial charge in [0.05, 0.1) is 6.10 Å². The molecule has 0 aliphatic carbocycles. The fourth-order valence-corrected chi connectivity index (χ4v) is 3.69. The van der Waals surface area contributed by atoms with Gasteiger partial charge in [0, 0.05) is 19.6 Å². The summed E-state index contributed by atoms with van der Waals surface area (Å²) in [5.74, 6) is 0.221. The number of aliphatic hydroxyl groups is 1. The molecular formula is C18H22N2O2S. The van der Waals surface area contributed by atoms with Crippen molar-refractivity contribution < 1.29 is 9.90 Å². The van der Waals surface area contributed by atoms with E-state index in [9.17, 15) is 9.90 Å². The normalized spacial score (nSPS) is 17.0. The second-order valence-corrected chi connectivity index (χ2v) is 6.75. The summed E-state index contributed by atoms with van der Waals surface area (Å²) in [5, 5.41) is 17.5. The first-order valence-corrected chi connectivity index (χ1v) is 8.95. The van der Waals surface area contributed by atoms with Crippen LogP contribution in [0, 0.1) is 5.92 Å². The summed E-state index contributed by atoms with van der Waals surface area (Å²) in [6.07, 6.45) is 1.23. The lowest BCUT2D eigenvalue weighted by molar-refractivity contribution is 0.0665. The average Bonchev–Trinajstić information content (AvgIpc) is 3.13. The van der Waals surface area contributed by atoms with Crippen molar-refractivity contribution in [2.45, 2.75) is 25.5 Å². The zero-order valence-electron chi connectivity index (χ0n) is 13.0. The van der Waals surface area contributed by atoms with Crippen molar-refractivity contribution in [1.29, 1.82) is 0 Å². The molecule has 3 rings (SSSR count). The molecule has 1 aliphatic heterocycles. The van der Waals surface area contributed by atoms with Gasteiger partial charge in [0.25, 0.3) is 0 Å². The molecule has 1 unspecified atom stereocenters. The minimum Gasteiger partial charge on any atom is -0.388 e. The lowest BCUT2D eigenvalue weighted by atomic mass is 9.87. The molecule has 1 fully saturated rings. The van der Waals surface area contributed by atoms with E-state index < -0.39 is 6.10 Å². The largest absolute Gasteiger partial charge is 0.388 e. The third-order valence-electron chi connectivity index (χ3n) is 4.44. The predicted octanol–water partition coefficient (Wildman–Crippen LogP) is 3.40. The lowest BCUT2D eigenvalue weighted by Gasteiger charge is -2.34. The van der Waals surface area contributed by atoms with E-state index in [4.69, 9.17) is 0 Å². The summed E-state index contributed by atoms with van der Waals surface area (Å²) in [6, 6.07) is 11.8. The van der Waals surface area contributed by atoms with Crippen LogP contribution < -0.4 is 5.32 Å². The van der Waals surface area contributed by atoms with Crippen LogP contribution in [0.5, 0.6) is 0 Å². The molecule has 0 bridgehead atoms. The van der Waals surface area contributed by atoms with E-state index in [0.717, 1.165) is 24.0 Å². The van der Waals surface area contributed by atoms with Crippen molar-refractivity contribution in [2.24, 2.45) is 5.92 Å². The van der Waals surface area contributed by atoms with Crippen LogP contribution in [0.3, 0.4) is 0 Å². The van der Waals surface area contributed by atoms with Crippen molar-refractivity contribution in [2.75, 3.05) is 13.1 Å². The van der Waals surface area contributed by atoms with Crippen molar-refractivity contribution in [1.82, 2.24) is 10.2 Å². The predicted molar refractivity (Wildman–Crippen MR) is 92.3 cm³/mol. The molecular weight excluding hydrogens is 308 g/mol. The fraction of sp³-hybridized carbons (Fsp3) is 0.389. The van der Waals surface area contributed by atoms with E-state index in [1.54, 1.807) is 11.3 Å². The Hall–Kier alpha value is -1.85. The molecule has 0 spiro atoms. The van der Waals surface area contributed by atoms with Crippen LogP contribution in [-0.2, 0) is 6.54 Å². The molecule has 2 heterocycles. The van der Waals surface area contributed by atoms with Crippen LogP contribution in [0.2, 0.25) is 0 Å². The van der Waals surface area contributed by atoms with Gasteiger partial charge in [0.1, 0.15) is 0 Å². The molecule has 1 aromatic carbocycles. The number of nitrogens with zero attached hydrogens (tertiary/aromatic N) is 1. The number of hydrogen-bond donors (Lipinski definition) is 2. The van der Waals surface area contributed by atoms with Gasteiger partial charge in [0.15, 0.2) is 0 Å². The van der Waals surface area contributed by atoms with Gasteiger partial charge in [-0.2, -0.15) is 11.3 Å². The number of carbonyl (C=O) groups excluding carboxylic acids is 1. The number of piperidine rings is 1. The Morgan fingerprint density at radius 2 is 2.00 bits per heavy atom. The van der Waals surface area contributed by atoms with E-state index in [-0.39, 0.29) is 11.9 Å². The van der Waals surface area contributed by atoms with Gasteiger partial charge in [-0.15, -0.1) is 0 Å². The number of aliphatic hydroxyl groups excluding tert-OH is 1. The van der Waals surface area contributed by atoms with E-state index in [2.05, 4.69) is 5.32 Å². The molecule has 2 amide bonds. The maximum absolute atomic E-state index is 12.2. The van der Waals surface area contributed by atoms with Gasteiger partial charge in [0.2, 0.25) is 0 Å². The molecule has 1 aromatic heterocycles. The van der Waals surface area contributed by atoms with Crippen LogP contribution in [0.25, 0.3) is 0 Å². The summed E-state index contributed by atoms with van der Waals surface area (Å²) in [6.45, 7) is 1.98. The standard InChI is InChI=1S/C18H22N2O2S/c21-17(15-4-2-1-3-5-15)16-6-9-20(10-7-16)18(22)19-12-14-8-11-23-13-14/h1-5,8,11,13,16-17,21H,6-7,9-10,12H2,(H,19,22). The van der Waals surface area contributed by atoms with Gasteiger partial charge < -0.3 is 15.3 Å². The quantitative estimate of drug-likeness (QED) is 0.903. The monoisotopic (exact) mass is 330 g/mol. The molecule has 4 nitrogen and oxygen atoms in total. The first-order chi connectivity index (χ1) is 11.2. The number of hydrogen-bond acceptors (Lipinski definition) is 3. The Morgan fingerprint density at radius 1 is 1.26 bits per heavy atom. The number of benzene rings is 1. The second kappa shape index (κ2) is 7.62. The van der Waals surface area contributed by atoms with E-state index in [1.807, 2.05) is 52.1 Å². The number of carbonyl (C=O) groups is 1. The molecule has 1 aliphatic rings. The summed E-state index contributed by atoms with van der Waals surface area (Å²) >= 11 is 1.64. The highest BCUT2D eigenvalue weighted by atomic mass is 32.1. The first-order valence-electron chi connectivity index (χ1n) is 8.01. The molecule has 1 saturated heterocycles. The fourth-order valence-electron chi connectivity index (χ4n) is 3.02. The summed E-state index contributed by atoms with van der Waals surface area (Å²) in [5.41, 5.74) is 2.10. The van der Waals surface area contributed by atoms with Crippen LogP contribution in [0.4, 0.5) is 4.79 Å². The van der Waals surface area contributed by atoms with Gasteiger partial charge in [-0.3, -0.25) is 0 Å². The van der Waals surface area contributed by atoms with Crippen molar-refractivity contribution in [3.05, 3.63) is 58.3 Å². The highest BCUT2D eigenvalue weighted by Gasteiger charge is 2.28. The average molecular weight is 330 g/mol. The summed E-state index contributed by atoms with van der Waals surface area (Å²) in [7, 11) is 0. The molecule has 5 heteroatoms. The Kier molecular flexibility index (Phi) is 5.31. The molecule has 1 atom stereocenters. The molecule has 122 valence electrons. The Morgan fingerprint density at radius 3 is 2.65 bits per heavy atom. The second-order valence-electron chi connectivity index (χ2n) is 5.97. The molecule has 2 aromatic rings. The highest BCUT2D eigenvalue weighted by molar-refractivity contribution is 7.07. The van der Waals surface area contributed by atoms with Gasteiger partial charge >= 0.3 is 6.03 Å². The molecule has 0 saturated carbocycles. The molecule has 2 N–H and O–H groups in total. The van der Waals surface area contributed by atoms with Crippen LogP contribution in [-0.4, -0.2) is 29.1 Å². The van der Waals surface area contributed by atoms with E-state index in [1.165, 1.54) is 0 Å². The topological polar surface area (TPSA) is 52.6 Å². The number of nitrogens with one attached hydrogen (secondary N) is 1. The Balaban J connectivity index is 1.47. The first kappa shape index (κ1) is 16.0. The molecule has 0 radical (unpaired) electrons. The van der Waals surface area contributed by atoms with Crippen molar-refractivity contribution in [3.63, 3.8) is 0 Å². The zero-order chi connectivity index (χ0) is 16.1. The van der Waals surface area contributed by atoms with Crippen LogP contribution in [0.15, 0.2) is 47.2 Å². The maximum atomic E-state index is 12.2. The number of rotatable bonds is 4. The number of urea groups is 1. The highest BCUT2D eigenvalue weighted by Crippen LogP contribution is 2.30. The van der Waals surface area contributed by atoms with Gasteiger partial charge in [-0.25, -0.2) is 4.79 Å². The summed E-state index contributed by atoms with van der Waals surface area (Å²) < 4.78 is 0. The minimum absolute atomic E-state index is 0.0103. The van der Waals surface area contributed by atoms with Gasteiger partial charge in [-0.1, -0.05) is 30.3 Å². The summed E-state index contributed by atoms with van der Waals surface area (Å²) in [4.78, 5) is 14.0. The van der Waals surface area contributed by atoms with E-state index >= 15 is 0 Å². The third kappa shape index (κ3) is 4.12. The van der Waals surface area contributed by atoms with Crippen LogP contribution in [0.1, 0.15) is 30.1 Å². The smallest absolute Gasteiger partial charge is 0.317 e. The molecule has 23 heavy (non-hydrogen) atoms. The Bertz CT molecular complexity index is 607. The number of amides is 2. The number of likely N-dealkylation sites (tertiary alicyclic amines) is 1. The third-order valence-corrected chi connectivity index (χ3v) is 5.17. The van der Waals surface area contributed by atoms with Crippen LogP contribution >= 0.6 is 11.3 Å². The maximum Gasteiger partial charge on any atom is 0.317 e. The SMILES string of the molecule is O=C(NCc1ccsc1)N1CCC(C(O)c2ccccc2)CC1. The van der Waals surface area contributed by atoms with Gasteiger partial charge in [-0.05, 0) is 46.7 Å². The lowest BCUT2D eigenvalue weighted by Crippen LogP contribution is -2.44. The number of thiophene rings is 1. The van der Waals surface area contributed by atoms with Crippen molar-refractivity contribution >= 4 is 17.4 Å². The van der Waals surface area contributed by atoms with Crippen molar-refractivity contribution in [3.8, 4) is 0 Å². The Labute approximate surface area is 140 Å². The zero-order valence-corrected chi connectivity index (χ0v) is 13.8. The minimum atomic E-state index is -0.438.